The number of nitrogens with zero attached hydrogens (tertiary/aromatic N) is 2. The Labute approximate surface area is 198 Å². The fourth-order valence-electron chi connectivity index (χ4n) is 4.04. The topological polar surface area (TPSA) is 103 Å². The van der Waals surface area contributed by atoms with Crippen molar-refractivity contribution in [1.29, 1.82) is 0 Å². The molecule has 1 aliphatic rings. The molecule has 178 valence electrons. The maximum atomic E-state index is 15.1. The van der Waals surface area contributed by atoms with Crippen molar-refractivity contribution < 1.29 is 22.3 Å². The molecule has 3 aromatic rings. The van der Waals surface area contributed by atoms with E-state index in [4.69, 9.17) is 10.5 Å². The maximum Gasteiger partial charge on any atom is 0.254 e. The first kappa shape index (κ1) is 23.7. The van der Waals surface area contributed by atoms with E-state index in [1.165, 1.54) is 19.1 Å². The van der Waals surface area contributed by atoms with Gasteiger partial charge in [0.05, 0.1) is 12.3 Å². The summed E-state index contributed by atoms with van der Waals surface area (Å²) in [6.07, 6.45) is 1.87. The van der Waals surface area contributed by atoms with Crippen molar-refractivity contribution in [2.75, 3.05) is 24.6 Å². The van der Waals surface area contributed by atoms with Crippen molar-refractivity contribution in [1.82, 2.24) is 9.88 Å². The first-order valence-electron chi connectivity index (χ1n) is 11.1. The number of fused-ring (bicyclic) bond motifs is 1. The van der Waals surface area contributed by atoms with Gasteiger partial charge in [-0.3, -0.25) is 4.79 Å². The van der Waals surface area contributed by atoms with Crippen LogP contribution < -0.4 is 10.5 Å². The number of pyridine rings is 1. The second-order valence-electron chi connectivity index (χ2n) is 8.03. The lowest BCUT2D eigenvalue weighted by Crippen LogP contribution is -2.33. The highest BCUT2D eigenvalue weighted by atomic mass is 32.2. The molecule has 1 aromatic heterocycles. The third kappa shape index (κ3) is 4.48. The summed E-state index contributed by atoms with van der Waals surface area (Å²) in [4.78, 5) is 18.8. The number of nitrogens with two attached hydrogens (primary N) is 1. The van der Waals surface area contributed by atoms with E-state index in [1.807, 2.05) is 24.3 Å². The van der Waals surface area contributed by atoms with Gasteiger partial charge in [0, 0.05) is 35.0 Å². The molecular weight excluding hydrogens is 457 g/mol. The summed E-state index contributed by atoms with van der Waals surface area (Å²) >= 11 is 0. The molecule has 0 aliphatic carbocycles. The highest BCUT2D eigenvalue weighted by molar-refractivity contribution is 7.91. The van der Waals surface area contributed by atoms with Crippen molar-refractivity contribution in [3.8, 4) is 16.9 Å². The fourth-order valence-corrected chi connectivity index (χ4v) is 5.02. The van der Waals surface area contributed by atoms with E-state index in [1.54, 1.807) is 24.1 Å². The van der Waals surface area contributed by atoms with Crippen LogP contribution in [0.1, 0.15) is 35.3 Å². The zero-order valence-corrected chi connectivity index (χ0v) is 19.9. The van der Waals surface area contributed by atoms with Crippen molar-refractivity contribution >= 4 is 21.6 Å². The second-order valence-corrected chi connectivity index (χ2v) is 10.3. The van der Waals surface area contributed by atoms with Crippen molar-refractivity contribution in [2.45, 2.75) is 31.7 Å². The van der Waals surface area contributed by atoms with E-state index in [0.29, 0.717) is 18.1 Å². The molecule has 9 heteroatoms. The Kier molecular flexibility index (Phi) is 6.56. The molecule has 0 unspecified atom stereocenters. The summed E-state index contributed by atoms with van der Waals surface area (Å²) in [5.74, 6) is -0.331. The normalized spacial score (nSPS) is 13.7. The van der Waals surface area contributed by atoms with Gasteiger partial charge in [-0.05, 0) is 48.4 Å². The minimum atomic E-state index is -3.74. The van der Waals surface area contributed by atoms with Crippen LogP contribution >= 0.6 is 0 Å². The van der Waals surface area contributed by atoms with Gasteiger partial charge < -0.3 is 15.4 Å². The summed E-state index contributed by atoms with van der Waals surface area (Å²) in [5.41, 5.74) is 8.54. The third-order valence-electron chi connectivity index (χ3n) is 5.95. The highest BCUT2D eigenvalue weighted by Crippen LogP contribution is 2.31. The van der Waals surface area contributed by atoms with Gasteiger partial charge in [-0.25, -0.2) is 17.8 Å². The molecule has 0 saturated heterocycles. The summed E-state index contributed by atoms with van der Waals surface area (Å²) in [6, 6.07) is 11.9. The molecule has 4 rings (SSSR count). The minimum absolute atomic E-state index is 0.103. The fraction of sp³-hybridized carbons (Fsp3) is 0.280. The molecular formula is C25H26FN3O4S. The molecule has 0 atom stereocenters. The standard InChI is InChI=1S/C25H26FN3O4S/c1-3-19-20(7-9-22(24(19)26)34(31,32)4-2)25(30)29-11-12-33-21-8-5-16(13-18(21)15-29)17-6-10-23(27)28-14-17/h5-10,13-14H,3-4,11-12,15H2,1-2H3,(H2,27,28). The monoisotopic (exact) mass is 483 g/mol. The summed E-state index contributed by atoms with van der Waals surface area (Å²) in [7, 11) is -3.74. The lowest BCUT2D eigenvalue weighted by atomic mass is 10.0. The van der Waals surface area contributed by atoms with Gasteiger partial charge in [0.15, 0.2) is 9.84 Å². The lowest BCUT2D eigenvalue weighted by Gasteiger charge is -2.22. The molecule has 0 saturated carbocycles. The van der Waals surface area contributed by atoms with E-state index >= 15 is 4.39 Å². The van der Waals surface area contributed by atoms with E-state index < -0.39 is 15.7 Å². The van der Waals surface area contributed by atoms with Gasteiger partial charge in [-0.2, -0.15) is 0 Å². The van der Waals surface area contributed by atoms with Gasteiger partial charge in [-0.1, -0.05) is 19.9 Å². The Morgan fingerprint density at radius 2 is 1.91 bits per heavy atom. The Bertz CT molecular complexity index is 1340. The molecule has 2 aromatic carbocycles. The maximum absolute atomic E-state index is 15.1. The van der Waals surface area contributed by atoms with Crippen molar-refractivity contribution in [2.24, 2.45) is 0 Å². The van der Waals surface area contributed by atoms with Crippen LogP contribution in [-0.2, 0) is 22.8 Å². The lowest BCUT2D eigenvalue weighted by molar-refractivity contribution is 0.0731. The number of nitrogen functional groups attached to an aromatic ring is 1. The molecule has 0 fully saturated rings. The molecule has 2 N–H and O–H groups in total. The zero-order valence-electron chi connectivity index (χ0n) is 19.0. The zero-order chi connectivity index (χ0) is 24.5. The van der Waals surface area contributed by atoms with Crippen LogP contribution in [0.3, 0.4) is 0 Å². The van der Waals surface area contributed by atoms with Crippen LogP contribution in [0.4, 0.5) is 10.2 Å². The van der Waals surface area contributed by atoms with E-state index in [0.717, 1.165) is 16.7 Å². The third-order valence-corrected chi connectivity index (χ3v) is 7.70. The van der Waals surface area contributed by atoms with Crippen molar-refractivity contribution in [3.63, 3.8) is 0 Å². The Morgan fingerprint density at radius 3 is 2.59 bits per heavy atom. The van der Waals surface area contributed by atoms with Crippen LogP contribution in [0.5, 0.6) is 5.75 Å². The number of aromatic nitrogens is 1. The second kappa shape index (κ2) is 9.42. The van der Waals surface area contributed by atoms with E-state index in [-0.39, 0.29) is 47.3 Å². The molecule has 0 bridgehead atoms. The van der Waals surface area contributed by atoms with E-state index in [9.17, 15) is 13.2 Å². The highest BCUT2D eigenvalue weighted by Gasteiger charge is 2.27. The molecule has 0 spiro atoms. The number of carbonyl (C=O) groups is 1. The molecule has 7 nitrogen and oxygen atoms in total. The summed E-state index contributed by atoms with van der Waals surface area (Å²) in [5, 5.41) is 0. The Hall–Kier alpha value is -3.46. The predicted molar refractivity (Wildman–Crippen MR) is 128 cm³/mol. The number of halogens is 1. The summed E-state index contributed by atoms with van der Waals surface area (Å²) < 4.78 is 45.5. The van der Waals surface area contributed by atoms with Crippen molar-refractivity contribution in [3.05, 3.63) is 71.2 Å². The number of benzene rings is 2. The smallest absolute Gasteiger partial charge is 0.254 e. The number of rotatable bonds is 5. The SMILES string of the molecule is CCc1c(C(=O)N2CCOc3ccc(-c4ccc(N)nc4)cc3C2)ccc(S(=O)(=O)CC)c1F. The average molecular weight is 484 g/mol. The molecule has 34 heavy (non-hydrogen) atoms. The van der Waals surface area contributed by atoms with E-state index in [2.05, 4.69) is 4.98 Å². The van der Waals surface area contributed by atoms with Gasteiger partial charge in [0.2, 0.25) is 0 Å². The number of carbonyl (C=O) groups excluding carboxylic acids is 1. The molecule has 1 amide bonds. The number of anilines is 1. The van der Waals surface area contributed by atoms with Gasteiger partial charge >= 0.3 is 0 Å². The summed E-state index contributed by atoms with van der Waals surface area (Å²) in [6.45, 7) is 4.03. The molecule has 0 radical (unpaired) electrons. The van der Waals surface area contributed by atoms with Gasteiger partial charge in [0.25, 0.3) is 5.91 Å². The first-order chi connectivity index (χ1) is 16.2. The molecule has 2 heterocycles. The number of hydrogen-bond donors (Lipinski definition) is 1. The number of hydrogen-bond acceptors (Lipinski definition) is 6. The van der Waals surface area contributed by atoms with Crippen LogP contribution in [0.2, 0.25) is 0 Å². The molecule has 1 aliphatic heterocycles. The minimum Gasteiger partial charge on any atom is -0.491 e. The van der Waals surface area contributed by atoms with Crippen LogP contribution in [0, 0.1) is 5.82 Å². The van der Waals surface area contributed by atoms with Gasteiger partial charge in [-0.15, -0.1) is 0 Å². The quantitative estimate of drug-likeness (QED) is 0.591. The number of amides is 1. The Morgan fingerprint density at radius 1 is 1.15 bits per heavy atom. The van der Waals surface area contributed by atoms with Crippen LogP contribution in [0.15, 0.2) is 53.6 Å². The number of ether oxygens (including phenoxy) is 1. The van der Waals surface area contributed by atoms with Crippen LogP contribution in [0.25, 0.3) is 11.1 Å². The van der Waals surface area contributed by atoms with Crippen LogP contribution in [-0.4, -0.2) is 43.1 Å². The number of sulfone groups is 1. The largest absolute Gasteiger partial charge is 0.491 e. The van der Waals surface area contributed by atoms with Gasteiger partial charge in [0.1, 0.15) is 28.9 Å². The Balaban J connectivity index is 1.68. The average Bonchev–Trinajstić information content (AvgIpc) is 3.05. The first-order valence-corrected chi connectivity index (χ1v) is 12.7. The predicted octanol–water partition coefficient (Wildman–Crippen LogP) is 3.86.